The molecule has 1 N–H and O–H groups in total. The normalized spacial score (nSPS) is 18.8. The smallest absolute Gasteiger partial charge is 0.408 e. The molecule has 1 fully saturated rings. The van der Waals surface area contributed by atoms with Gasteiger partial charge < -0.3 is 10.1 Å². The van der Waals surface area contributed by atoms with Gasteiger partial charge in [-0.3, -0.25) is 4.79 Å². The topological polar surface area (TPSA) is 55.4 Å². The van der Waals surface area contributed by atoms with Crippen molar-refractivity contribution in [1.29, 1.82) is 0 Å². The fourth-order valence-electron chi connectivity index (χ4n) is 2.09. The van der Waals surface area contributed by atoms with Crippen LogP contribution in [0.1, 0.15) is 46.5 Å². The van der Waals surface area contributed by atoms with E-state index in [9.17, 15) is 14.0 Å². The van der Waals surface area contributed by atoms with E-state index in [-0.39, 0.29) is 5.92 Å². The number of rotatable bonds is 3. The average molecular weight is 245 g/mol. The van der Waals surface area contributed by atoms with Gasteiger partial charge in [-0.05, 0) is 39.5 Å². The van der Waals surface area contributed by atoms with Gasteiger partial charge in [0, 0.05) is 0 Å². The summed E-state index contributed by atoms with van der Waals surface area (Å²) >= 11 is 0. The molecule has 1 saturated carbocycles. The van der Waals surface area contributed by atoms with Gasteiger partial charge in [-0.1, -0.05) is 12.8 Å². The largest absolute Gasteiger partial charge is 0.444 e. The quantitative estimate of drug-likeness (QED) is 0.777. The molecule has 0 aromatic rings. The number of alkyl carbamates (subject to hydrolysis) is 1. The maximum absolute atomic E-state index is 12.9. The summed E-state index contributed by atoms with van der Waals surface area (Å²) in [6.45, 7) is 5.15. The third kappa shape index (κ3) is 4.71. The zero-order chi connectivity index (χ0) is 13.1. The predicted octanol–water partition coefficient (Wildman–Crippen LogP) is 2.57. The number of ether oxygens (including phenoxy) is 1. The second kappa shape index (κ2) is 5.47. The van der Waals surface area contributed by atoms with Gasteiger partial charge in [-0.2, -0.15) is 4.39 Å². The molecule has 0 spiro atoms. The van der Waals surface area contributed by atoms with Crippen molar-refractivity contribution in [2.75, 3.05) is 0 Å². The van der Waals surface area contributed by atoms with E-state index in [1.807, 2.05) is 0 Å². The molecule has 0 saturated heterocycles. The molecule has 98 valence electrons. The second-order valence-corrected chi connectivity index (χ2v) is 5.47. The lowest BCUT2D eigenvalue weighted by atomic mass is 9.99. The molecule has 17 heavy (non-hydrogen) atoms. The molecule has 0 unspecified atom stereocenters. The third-order valence-electron chi connectivity index (χ3n) is 2.79. The average Bonchev–Trinajstić information content (AvgIpc) is 2.63. The molecule has 1 atom stereocenters. The number of hydrogen-bond acceptors (Lipinski definition) is 3. The zero-order valence-electron chi connectivity index (χ0n) is 10.6. The van der Waals surface area contributed by atoms with Crippen LogP contribution in [-0.4, -0.2) is 23.8 Å². The van der Waals surface area contributed by atoms with E-state index in [1.54, 1.807) is 20.8 Å². The Morgan fingerprint density at radius 3 is 2.24 bits per heavy atom. The van der Waals surface area contributed by atoms with Gasteiger partial charge in [0.05, 0.1) is 0 Å². The fourth-order valence-corrected chi connectivity index (χ4v) is 2.09. The number of amides is 1. The highest BCUT2D eigenvalue weighted by Crippen LogP contribution is 2.28. The summed E-state index contributed by atoms with van der Waals surface area (Å²) in [6.07, 6.45) is 2.77. The maximum atomic E-state index is 12.9. The minimum Gasteiger partial charge on any atom is -0.444 e. The molecule has 4 nitrogen and oxygen atoms in total. The Balaban J connectivity index is 2.55. The standard InChI is InChI=1S/C12H20FNO3/c1-12(2,3)17-11(16)14-9(10(13)15)8-6-4-5-7-8/h8-9H,4-7H2,1-3H3,(H,14,16)/t9-/m0/s1. The van der Waals surface area contributed by atoms with E-state index in [4.69, 9.17) is 4.74 Å². The predicted molar refractivity (Wildman–Crippen MR) is 61.2 cm³/mol. The van der Waals surface area contributed by atoms with Crippen LogP contribution in [0.2, 0.25) is 0 Å². The van der Waals surface area contributed by atoms with Crippen LogP contribution in [0, 0.1) is 5.92 Å². The summed E-state index contributed by atoms with van der Waals surface area (Å²) in [5.41, 5.74) is -0.649. The highest BCUT2D eigenvalue weighted by molar-refractivity contribution is 5.81. The Kier molecular flexibility index (Phi) is 4.48. The van der Waals surface area contributed by atoms with Crippen LogP contribution in [0.15, 0.2) is 0 Å². The monoisotopic (exact) mass is 245 g/mol. The van der Waals surface area contributed by atoms with Gasteiger partial charge in [0.25, 0.3) is 0 Å². The van der Waals surface area contributed by atoms with Crippen molar-refractivity contribution in [2.45, 2.75) is 58.1 Å². The first-order valence-corrected chi connectivity index (χ1v) is 5.98. The lowest BCUT2D eigenvalue weighted by Gasteiger charge is -2.24. The molecule has 0 aliphatic heterocycles. The molecule has 1 amide bonds. The lowest BCUT2D eigenvalue weighted by Crippen LogP contribution is -2.46. The van der Waals surface area contributed by atoms with Crippen molar-refractivity contribution in [3.8, 4) is 0 Å². The number of halogens is 1. The maximum Gasteiger partial charge on any atom is 0.408 e. The Bertz CT molecular complexity index is 293. The Morgan fingerprint density at radius 2 is 1.82 bits per heavy atom. The van der Waals surface area contributed by atoms with Crippen LogP contribution in [0.4, 0.5) is 9.18 Å². The first-order chi connectivity index (χ1) is 7.79. The minimum absolute atomic E-state index is 0.0972. The molecule has 1 aliphatic rings. The Hall–Kier alpha value is -1.13. The van der Waals surface area contributed by atoms with E-state index in [0.717, 1.165) is 25.7 Å². The van der Waals surface area contributed by atoms with Crippen molar-refractivity contribution < 1.29 is 18.7 Å². The molecular weight excluding hydrogens is 225 g/mol. The molecule has 0 bridgehead atoms. The van der Waals surface area contributed by atoms with Crippen molar-refractivity contribution in [3.05, 3.63) is 0 Å². The SMILES string of the molecule is CC(C)(C)OC(=O)N[C@H](C(=O)F)C1CCCC1. The van der Waals surface area contributed by atoms with Crippen LogP contribution in [-0.2, 0) is 9.53 Å². The summed E-state index contributed by atoms with van der Waals surface area (Å²) in [7, 11) is 0. The van der Waals surface area contributed by atoms with Gasteiger partial charge in [0.2, 0.25) is 0 Å². The van der Waals surface area contributed by atoms with Crippen LogP contribution < -0.4 is 5.32 Å². The lowest BCUT2D eigenvalue weighted by molar-refractivity contribution is -0.132. The van der Waals surface area contributed by atoms with E-state index in [1.165, 1.54) is 0 Å². The van der Waals surface area contributed by atoms with Gasteiger partial charge >= 0.3 is 12.1 Å². The Labute approximate surface area is 101 Å². The molecular formula is C12H20FNO3. The molecule has 1 rings (SSSR count). The molecule has 0 aromatic carbocycles. The molecule has 1 aliphatic carbocycles. The van der Waals surface area contributed by atoms with Crippen LogP contribution in [0.25, 0.3) is 0 Å². The fraction of sp³-hybridized carbons (Fsp3) is 0.833. The second-order valence-electron chi connectivity index (χ2n) is 5.47. The van der Waals surface area contributed by atoms with Crippen molar-refractivity contribution in [3.63, 3.8) is 0 Å². The van der Waals surface area contributed by atoms with Gasteiger partial charge in [0.1, 0.15) is 11.6 Å². The summed E-state index contributed by atoms with van der Waals surface area (Å²) in [5, 5.41) is 2.33. The van der Waals surface area contributed by atoms with Crippen LogP contribution in [0.3, 0.4) is 0 Å². The molecule has 0 aromatic heterocycles. The summed E-state index contributed by atoms with van der Waals surface area (Å²) < 4.78 is 17.9. The number of nitrogens with one attached hydrogen (secondary N) is 1. The van der Waals surface area contributed by atoms with E-state index in [0.29, 0.717) is 0 Å². The van der Waals surface area contributed by atoms with Gasteiger partial charge in [-0.25, -0.2) is 4.79 Å². The molecule has 5 heteroatoms. The Morgan fingerprint density at radius 1 is 1.29 bits per heavy atom. The van der Waals surface area contributed by atoms with E-state index < -0.39 is 23.8 Å². The summed E-state index contributed by atoms with van der Waals surface area (Å²) in [6, 6.07) is -2.53. The molecule has 0 radical (unpaired) electrons. The summed E-state index contributed by atoms with van der Waals surface area (Å²) in [5.74, 6) is -0.0972. The highest BCUT2D eigenvalue weighted by atomic mass is 19.1. The van der Waals surface area contributed by atoms with Gasteiger partial charge in [-0.15, -0.1) is 0 Å². The third-order valence-corrected chi connectivity index (χ3v) is 2.79. The van der Waals surface area contributed by atoms with Crippen molar-refractivity contribution in [1.82, 2.24) is 5.32 Å². The summed E-state index contributed by atoms with van der Waals surface area (Å²) in [4.78, 5) is 22.4. The first-order valence-electron chi connectivity index (χ1n) is 5.98. The highest BCUT2D eigenvalue weighted by Gasteiger charge is 2.33. The number of carbonyl (C=O) groups excluding carboxylic acids is 2. The van der Waals surface area contributed by atoms with Gasteiger partial charge in [0.15, 0.2) is 0 Å². The van der Waals surface area contributed by atoms with Crippen molar-refractivity contribution >= 4 is 12.1 Å². The van der Waals surface area contributed by atoms with Crippen LogP contribution in [0.5, 0.6) is 0 Å². The number of carbonyl (C=O) groups is 2. The van der Waals surface area contributed by atoms with E-state index in [2.05, 4.69) is 5.32 Å². The van der Waals surface area contributed by atoms with E-state index >= 15 is 0 Å². The molecule has 0 heterocycles. The van der Waals surface area contributed by atoms with Crippen molar-refractivity contribution in [2.24, 2.45) is 5.92 Å². The van der Waals surface area contributed by atoms with Crippen LogP contribution >= 0.6 is 0 Å². The first kappa shape index (κ1) is 13.9. The minimum atomic E-state index is -1.48. The number of hydrogen-bond donors (Lipinski definition) is 1. The zero-order valence-corrected chi connectivity index (χ0v) is 10.6.